The molecule has 0 bridgehead atoms. The van der Waals surface area contributed by atoms with Gasteiger partial charge in [-0.1, -0.05) is 6.92 Å². The van der Waals surface area contributed by atoms with Crippen LogP contribution in [0.25, 0.3) is 0 Å². The minimum absolute atomic E-state index is 0.229. The van der Waals surface area contributed by atoms with Gasteiger partial charge in [-0.3, -0.25) is 5.43 Å². The summed E-state index contributed by atoms with van der Waals surface area (Å²) in [5.74, 6) is 5.99. The van der Waals surface area contributed by atoms with Gasteiger partial charge in [-0.15, -0.1) is 0 Å². The fourth-order valence-electron chi connectivity index (χ4n) is 1.00. The molecule has 4 N–H and O–H groups in total. The topological polar surface area (TPSA) is 98.0 Å². The van der Waals surface area contributed by atoms with Crippen LogP contribution in [-0.2, 0) is 0 Å². The Kier molecular flexibility index (Phi) is 4.71. The van der Waals surface area contributed by atoms with Gasteiger partial charge in [0.1, 0.15) is 0 Å². The Labute approximate surface area is 94.8 Å². The molecular formula is C9H18N6O. The quantitative estimate of drug-likeness (QED) is 0.486. The van der Waals surface area contributed by atoms with E-state index in [2.05, 4.69) is 25.7 Å². The lowest BCUT2D eigenvalue weighted by Crippen LogP contribution is -2.17. The summed E-state index contributed by atoms with van der Waals surface area (Å²) in [6.45, 7) is 6.56. The van der Waals surface area contributed by atoms with Crippen molar-refractivity contribution in [3.63, 3.8) is 0 Å². The number of hydrogen-bond acceptors (Lipinski definition) is 7. The highest BCUT2D eigenvalue weighted by Gasteiger charge is 2.07. The van der Waals surface area contributed by atoms with E-state index in [1.54, 1.807) is 0 Å². The van der Waals surface area contributed by atoms with Crippen LogP contribution in [0.3, 0.4) is 0 Å². The molecule has 1 rings (SSSR count). The lowest BCUT2D eigenvalue weighted by Gasteiger charge is -2.10. The second-order valence-corrected chi connectivity index (χ2v) is 3.56. The van der Waals surface area contributed by atoms with Crippen molar-refractivity contribution < 1.29 is 4.74 Å². The van der Waals surface area contributed by atoms with E-state index in [-0.39, 0.29) is 18.0 Å². The van der Waals surface area contributed by atoms with E-state index in [9.17, 15) is 0 Å². The van der Waals surface area contributed by atoms with Crippen molar-refractivity contribution in [1.29, 1.82) is 0 Å². The van der Waals surface area contributed by atoms with Gasteiger partial charge in [-0.05, 0) is 20.3 Å². The summed E-state index contributed by atoms with van der Waals surface area (Å²) >= 11 is 0. The van der Waals surface area contributed by atoms with Crippen LogP contribution in [0.1, 0.15) is 27.2 Å². The maximum absolute atomic E-state index is 5.32. The lowest BCUT2D eigenvalue weighted by molar-refractivity contribution is 0.292. The zero-order valence-corrected chi connectivity index (χ0v) is 9.82. The first-order valence-electron chi connectivity index (χ1n) is 5.27. The molecule has 0 radical (unpaired) electrons. The van der Waals surface area contributed by atoms with Crippen LogP contribution in [0.2, 0.25) is 0 Å². The number of ether oxygens (including phenoxy) is 1. The highest BCUT2D eigenvalue weighted by atomic mass is 16.5. The number of nitrogens with one attached hydrogen (secondary N) is 2. The number of hydrazine groups is 1. The second kappa shape index (κ2) is 6.06. The van der Waals surface area contributed by atoms with E-state index in [4.69, 9.17) is 10.6 Å². The molecule has 0 aliphatic carbocycles. The summed E-state index contributed by atoms with van der Waals surface area (Å²) in [7, 11) is 0. The van der Waals surface area contributed by atoms with Crippen LogP contribution in [0.15, 0.2) is 0 Å². The summed E-state index contributed by atoms with van der Waals surface area (Å²) < 4.78 is 5.32. The maximum Gasteiger partial charge on any atom is 0.323 e. The van der Waals surface area contributed by atoms with E-state index in [1.165, 1.54) is 0 Å². The number of nitrogens with zero attached hydrogens (tertiary/aromatic N) is 3. The van der Waals surface area contributed by atoms with E-state index >= 15 is 0 Å². The normalized spacial score (nSPS) is 10.3. The summed E-state index contributed by atoms with van der Waals surface area (Å²) in [5.41, 5.74) is 2.38. The summed E-state index contributed by atoms with van der Waals surface area (Å²) in [5, 5.41) is 3.06. The minimum Gasteiger partial charge on any atom is -0.463 e. The Bertz CT molecular complexity index is 330. The van der Waals surface area contributed by atoms with Gasteiger partial charge < -0.3 is 10.1 Å². The monoisotopic (exact) mass is 226 g/mol. The number of rotatable bonds is 6. The molecule has 0 atom stereocenters. The standard InChI is InChI=1S/C9H18N6O/c1-4-5-16-9-13-7(11-6(2)3)12-8(14-9)15-10/h6H,4-5,10H2,1-3H3,(H2,11,12,13,14,15). The molecule has 0 aliphatic heterocycles. The molecule has 90 valence electrons. The average molecular weight is 226 g/mol. The Balaban J connectivity index is 2.82. The maximum atomic E-state index is 5.32. The smallest absolute Gasteiger partial charge is 0.323 e. The molecule has 0 fully saturated rings. The molecular weight excluding hydrogens is 208 g/mol. The van der Waals surface area contributed by atoms with Gasteiger partial charge >= 0.3 is 6.01 Å². The number of hydrogen-bond donors (Lipinski definition) is 3. The summed E-state index contributed by atoms with van der Waals surface area (Å²) in [6.07, 6.45) is 0.893. The molecule has 7 heteroatoms. The van der Waals surface area contributed by atoms with Gasteiger partial charge in [0.15, 0.2) is 0 Å². The molecule has 0 amide bonds. The van der Waals surface area contributed by atoms with E-state index < -0.39 is 0 Å². The van der Waals surface area contributed by atoms with Crippen LogP contribution in [0.4, 0.5) is 11.9 Å². The summed E-state index contributed by atoms with van der Waals surface area (Å²) in [6, 6.07) is 0.500. The van der Waals surface area contributed by atoms with Crippen LogP contribution < -0.4 is 21.3 Å². The van der Waals surface area contributed by atoms with Crippen molar-refractivity contribution in [2.45, 2.75) is 33.2 Å². The predicted octanol–water partition coefficient (Wildman–Crippen LogP) is 0.766. The molecule has 0 saturated carbocycles. The zero-order chi connectivity index (χ0) is 12.0. The Morgan fingerprint density at radius 2 is 1.94 bits per heavy atom. The Hall–Kier alpha value is -1.63. The number of nitrogen functional groups attached to an aromatic ring is 1. The number of nitrogens with two attached hydrogens (primary N) is 1. The molecule has 1 heterocycles. The van der Waals surface area contributed by atoms with E-state index in [0.717, 1.165) is 6.42 Å². The third-order valence-corrected chi connectivity index (χ3v) is 1.60. The van der Waals surface area contributed by atoms with Crippen molar-refractivity contribution in [2.24, 2.45) is 5.84 Å². The van der Waals surface area contributed by atoms with Gasteiger partial charge in [0.2, 0.25) is 11.9 Å². The fraction of sp³-hybridized carbons (Fsp3) is 0.667. The second-order valence-electron chi connectivity index (χ2n) is 3.56. The Morgan fingerprint density at radius 3 is 2.50 bits per heavy atom. The van der Waals surface area contributed by atoms with Crippen LogP contribution in [-0.4, -0.2) is 27.6 Å². The molecule has 7 nitrogen and oxygen atoms in total. The first-order valence-corrected chi connectivity index (χ1v) is 5.27. The van der Waals surface area contributed by atoms with Gasteiger partial charge in [0, 0.05) is 6.04 Å². The Morgan fingerprint density at radius 1 is 1.25 bits per heavy atom. The largest absolute Gasteiger partial charge is 0.463 e. The van der Waals surface area contributed by atoms with Gasteiger partial charge in [-0.2, -0.15) is 15.0 Å². The summed E-state index contributed by atoms with van der Waals surface area (Å²) in [4.78, 5) is 12.1. The molecule has 0 aromatic carbocycles. The number of anilines is 2. The van der Waals surface area contributed by atoms with Crippen molar-refractivity contribution in [1.82, 2.24) is 15.0 Å². The van der Waals surface area contributed by atoms with E-state index in [1.807, 2.05) is 20.8 Å². The zero-order valence-electron chi connectivity index (χ0n) is 9.82. The van der Waals surface area contributed by atoms with Gasteiger partial charge in [-0.25, -0.2) is 5.84 Å². The third kappa shape index (κ3) is 3.85. The van der Waals surface area contributed by atoms with Crippen molar-refractivity contribution >= 4 is 11.9 Å². The highest BCUT2D eigenvalue weighted by molar-refractivity contribution is 5.35. The first-order chi connectivity index (χ1) is 7.65. The molecule has 0 aliphatic rings. The third-order valence-electron chi connectivity index (χ3n) is 1.60. The van der Waals surface area contributed by atoms with Crippen molar-refractivity contribution in [2.75, 3.05) is 17.3 Å². The molecule has 0 spiro atoms. The van der Waals surface area contributed by atoms with Crippen molar-refractivity contribution in [3.8, 4) is 6.01 Å². The highest BCUT2D eigenvalue weighted by Crippen LogP contribution is 2.11. The average Bonchev–Trinajstić information content (AvgIpc) is 2.25. The SMILES string of the molecule is CCCOc1nc(NN)nc(NC(C)C)n1. The first kappa shape index (κ1) is 12.4. The van der Waals surface area contributed by atoms with E-state index in [0.29, 0.717) is 12.6 Å². The van der Waals surface area contributed by atoms with Crippen molar-refractivity contribution in [3.05, 3.63) is 0 Å². The predicted molar refractivity (Wildman–Crippen MR) is 62.2 cm³/mol. The molecule has 0 unspecified atom stereocenters. The van der Waals surface area contributed by atoms with Crippen LogP contribution in [0, 0.1) is 0 Å². The molecule has 16 heavy (non-hydrogen) atoms. The fourth-order valence-corrected chi connectivity index (χ4v) is 1.00. The number of aromatic nitrogens is 3. The molecule has 1 aromatic heterocycles. The van der Waals surface area contributed by atoms with Crippen LogP contribution in [0.5, 0.6) is 6.01 Å². The lowest BCUT2D eigenvalue weighted by atomic mass is 10.4. The molecule has 0 saturated heterocycles. The van der Waals surface area contributed by atoms with Gasteiger partial charge in [0.05, 0.1) is 6.61 Å². The molecule has 1 aromatic rings. The van der Waals surface area contributed by atoms with Crippen LogP contribution >= 0.6 is 0 Å². The van der Waals surface area contributed by atoms with Gasteiger partial charge in [0.25, 0.3) is 0 Å². The minimum atomic E-state index is 0.229.